The average molecular weight is 817 g/mol. The van der Waals surface area contributed by atoms with E-state index in [1.54, 1.807) is 0 Å². The average Bonchev–Trinajstić information content (AvgIpc) is 3.86. The predicted molar refractivity (Wildman–Crippen MR) is 262 cm³/mol. The third kappa shape index (κ3) is 5.83. The van der Waals surface area contributed by atoms with Crippen molar-refractivity contribution in [3.63, 3.8) is 0 Å². The van der Waals surface area contributed by atoms with E-state index >= 15 is 0 Å². The molecular weight excluding hydrogens is 773 g/mol. The Bertz CT molecular complexity index is 3570. The van der Waals surface area contributed by atoms with Gasteiger partial charge in [-0.25, -0.2) is 15.0 Å². The summed E-state index contributed by atoms with van der Waals surface area (Å²) in [5, 5.41) is 7.25. The third-order valence-corrected chi connectivity index (χ3v) is 14.6. The summed E-state index contributed by atoms with van der Waals surface area (Å²) in [5.41, 5.74) is 11.8. The molecule has 1 aliphatic rings. The van der Waals surface area contributed by atoms with Gasteiger partial charge in [0.1, 0.15) is 0 Å². The minimum atomic E-state index is 0.0673. The van der Waals surface area contributed by atoms with Gasteiger partial charge in [0, 0.05) is 53.0 Å². The number of thiophene rings is 1. The van der Waals surface area contributed by atoms with E-state index < -0.39 is 0 Å². The van der Waals surface area contributed by atoms with Crippen molar-refractivity contribution in [2.45, 2.75) is 51.4 Å². The van der Waals surface area contributed by atoms with Gasteiger partial charge in [0.25, 0.3) is 0 Å². The third-order valence-electron chi connectivity index (χ3n) is 13.5. The maximum Gasteiger partial charge on any atom is 0.164 e. The first-order chi connectivity index (χ1) is 30.2. The lowest BCUT2D eigenvalue weighted by atomic mass is 9.63. The highest BCUT2D eigenvalue weighted by atomic mass is 32.1. The van der Waals surface area contributed by atoms with Gasteiger partial charge in [-0.1, -0.05) is 155 Å². The topological polar surface area (TPSA) is 43.6 Å². The Morgan fingerprint density at radius 2 is 1.03 bits per heavy atom. The quantitative estimate of drug-likeness (QED) is 0.174. The predicted octanol–water partition coefficient (Wildman–Crippen LogP) is 15.5. The number of rotatable bonds is 5. The van der Waals surface area contributed by atoms with Crippen molar-refractivity contribution in [3.8, 4) is 51.0 Å². The highest BCUT2D eigenvalue weighted by Crippen LogP contribution is 2.49. The molecule has 12 rings (SSSR count). The number of benzene rings is 8. The van der Waals surface area contributed by atoms with Gasteiger partial charge in [-0.15, -0.1) is 11.3 Å². The highest BCUT2D eigenvalue weighted by molar-refractivity contribution is 7.25. The largest absolute Gasteiger partial charge is 0.309 e. The maximum absolute atomic E-state index is 5.42. The van der Waals surface area contributed by atoms with Crippen LogP contribution in [0.15, 0.2) is 170 Å². The monoisotopic (exact) mass is 816 g/mol. The van der Waals surface area contributed by atoms with Gasteiger partial charge in [0.15, 0.2) is 17.5 Å². The van der Waals surface area contributed by atoms with Crippen LogP contribution >= 0.6 is 11.3 Å². The van der Waals surface area contributed by atoms with Gasteiger partial charge in [0.05, 0.1) is 16.7 Å². The van der Waals surface area contributed by atoms with Crippen molar-refractivity contribution in [3.05, 3.63) is 181 Å². The Kier molecular flexibility index (Phi) is 8.20. The molecule has 0 bridgehead atoms. The van der Waals surface area contributed by atoms with Crippen molar-refractivity contribution >= 4 is 64.1 Å². The summed E-state index contributed by atoms with van der Waals surface area (Å²) >= 11 is 1.81. The van der Waals surface area contributed by atoms with Crippen molar-refractivity contribution in [1.82, 2.24) is 19.5 Å². The number of aromatic nitrogens is 4. The molecule has 0 radical (unpaired) electrons. The molecule has 298 valence electrons. The fourth-order valence-electron chi connectivity index (χ4n) is 10.1. The lowest BCUT2D eigenvalue weighted by Crippen LogP contribution is -2.33. The molecular formula is C57H44N4S. The van der Waals surface area contributed by atoms with Crippen LogP contribution < -0.4 is 0 Å². The summed E-state index contributed by atoms with van der Waals surface area (Å²) in [5.74, 6) is 1.94. The molecule has 3 aromatic heterocycles. The molecule has 1 aliphatic carbocycles. The van der Waals surface area contributed by atoms with E-state index in [2.05, 4.69) is 202 Å². The van der Waals surface area contributed by atoms with Crippen LogP contribution in [0.25, 0.3) is 104 Å². The summed E-state index contributed by atoms with van der Waals surface area (Å²) in [4.78, 5) is 16.1. The Labute approximate surface area is 365 Å². The first kappa shape index (κ1) is 36.9. The fourth-order valence-corrected chi connectivity index (χ4v) is 11.2. The van der Waals surface area contributed by atoms with Crippen molar-refractivity contribution in [1.29, 1.82) is 0 Å². The van der Waals surface area contributed by atoms with Crippen LogP contribution in [0.3, 0.4) is 0 Å². The molecule has 62 heavy (non-hydrogen) atoms. The van der Waals surface area contributed by atoms with Crippen LogP contribution in [0.4, 0.5) is 0 Å². The van der Waals surface area contributed by atoms with Crippen LogP contribution in [0, 0.1) is 0 Å². The van der Waals surface area contributed by atoms with Crippen LogP contribution in [0.1, 0.15) is 51.7 Å². The zero-order chi connectivity index (χ0) is 41.7. The second kappa shape index (κ2) is 13.8. The van der Waals surface area contributed by atoms with Gasteiger partial charge >= 0.3 is 0 Å². The molecule has 0 fully saturated rings. The van der Waals surface area contributed by atoms with Crippen LogP contribution in [0.2, 0.25) is 0 Å². The number of fused-ring (bicyclic) bond motifs is 8. The Morgan fingerprint density at radius 3 is 1.82 bits per heavy atom. The molecule has 0 saturated heterocycles. The number of para-hydroxylation sites is 1. The van der Waals surface area contributed by atoms with Gasteiger partial charge in [-0.3, -0.25) is 0 Å². The standard InChI is InChI=1S/C57H44N4S/c1-56(2)29-30-57(3,4)46-34-49-44(33-45(46)56)41-19-10-12-22-47(41)61(49)48-32-39(31-38-17-8-9-18-40(38)48)54-58-53(37-27-25-36(26-28-37)35-15-6-5-7-16-35)59-55(60-54)43-21-14-24-51-52(43)42-20-11-13-23-50(42)62-51/h5-28,31-34H,29-30H2,1-4H3. The molecule has 0 unspecified atom stereocenters. The first-order valence-electron chi connectivity index (χ1n) is 21.6. The minimum Gasteiger partial charge on any atom is -0.309 e. The molecule has 8 aromatic carbocycles. The summed E-state index contributed by atoms with van der Waals surface area (Å²) in [6.07, 6.45) is 2.33. The molecule has 0 spiro atoms. The highest BCUT2D eigenvalue weighted by Gasteiger charge is 2.38. The lowest BCUT2D eigenvalue weighted by Gasteiger charge is -2.42. The van der Waals surface area contributed by atoms with Gasteiger partial charge in [-0.2, -0.15) is 0 Å². The molecule has 3 heterocycles. The molecule has 0 atom stereocenters. The first-order valence-corrected chi connectivity index (χ1v) is 22.5. The summed E-state index contributed by atoms with van der Waals surface area (Å²) in [7, 11) is 0. The van der Waals surface area contributed by atoms with E-state index in [0.717, 1.165) is 39.7 Å². The SMILES string of the molecule is CC1(C)CCC(C)(C)c2cc3c(cc21)c1ccccc1n3-c1cc(-c2nc(-c3ccc(-c4ccccc4)cc3)nc(-c3cccc4sc5ccccc5c34)n2)cc2ccccc12. The molecule has 0 aliphatic heterocycles. The van der Waals surface area contributed by atoms with E-state index in [9.17, 15) is 0 Å². The zero-order valence-electron chi connectivity index (χ0n) is 35.3. The van der Waals surface area contributed by atoms with Crippen LogP contribution in [0.5, 0.6) is 0 Å². The van der Waals surface area contributed by atoms with E-state index in [-0.39, 0.29) is 10.8 Å². The number of hydrogen-bond acceptors (Lipinski definition) is 4. The molecule has 0 amide bonds. The smallest absolute Gasteiger partial charge is 0.164 e. The Hall–Kier alpha value is -6.95. The Balaban J connectivity index is 1.12. The number of hydrogen-bond donors (Lipinski definition) is 0. The summed E-state index contributed by atoms with van der Waals surface area (Å²) in [6, 6.07) is 61.5. The second-order valence-electron chi connectivity index (χ2n) is 18.3. The summed E-state index contributed by atoms with van der Waals surface area (Å²) < 4.78 is 4.96. The van der Waals surface area contributed by atoms with E-state index in [4.69, 9.17) is 15.0 Å². The van der Waals surface area contributed by atoms with Crippen molar-refractivity contribution < 1.29 is 0 Å². The van der Waals surface area contributed by atoms with Crippen LogP contribution in [-0.4, -0.2) is 19.5 Å². The van der Waals surface area contributed by atoms with E-state index in [1.165, 1.54) is 70.5 Å². The van der Waals surface area contributed by atoms with Gasteiger partial charge in [-0.05, 0) is 93.8 Å². The normalized spacial score (nSPS) is 14.6. The zero-order valence-corrected chi connectivity index (χ0v) is 36.1. The lowest BCUT2D eigenvalue weighted by molar-refractivity contribution is 0.332. The molecule has 0 N–H and O–H groups in total. The van der Waals surface area contributed by atoms with Crippen LogP contribution in [-0.2, 0) is 10.8 Å². The summed E-state index contributed by atoms with van der Waals surface area (Å²) in [6.45, 7) is 9.67. The van der Waals surface area contributed by atoms with Crippen molar-refractivity contribution in [2.24, 2.45) is 0 Å². The minimum absolute atomic E-state index is 0.0673. The second-order valence-corrected chi connectivity index (χ2v) is 19.4. The van der Waals surface area contributed by atoms with E-state index in [0.29, 0.717) is 17.5 Å². The molecule has 0 saturated carbocycles. The van der Waals surface area contributed by atoms with Crippen molar-refractivity contribution in [2.75, 3.05) is 0 Å². The Morgan fingerprint density at radius 1 is 0.435 bits per heavy atom. The van der Waals surface area contributed by atoms with Gasteiger partial charge < -0.3 is 4.57 Å². The van der Waals surface area contributed by atoms with E-state index in [1.807, 2.05) is 11.3 Å². The molecule has 4 nitrogen and oxygen atoms in total. The number of nitrogens with zero attached hydrogens (tertiary/aromatic N) is 4. The molecule has 5 heteroatoms. The fraction of sp³-hybridized carbons (Fsp3) is 0.140. The van der Waals surface area contributed by atoms with Gasteiger partial charge in [0.2, 0.25) is 0 Å². The molecule has 11 aromatic rings. The maximum atomic E-state index is 5.42.